The fraction of sp³-hybridized carbons (Fsp3) is 0.125. The van der Waals surface area contributed by atoms with Crippen molar-refractivity contribution in [3.05, 3.63) is 71.7 Å². The summed E-state index contributed by atoms with van der Waals surface area (Å²) in [6.07, 6.45) is 6.30. The van der Waals surface area contributed by atoms with Crippen molar-refractivity contribution in [1.29, 1.82) is 0 Å². The highest BCUT2D eigenvalue weighted by molar-refractivity contribution is 5.93. The second-order valence-electron chi connectivity index (χ2n) is 4.59. The molecular formula is C16H16N4O2. The Morgan fingerprint density at radius 2 is 1.95 bits per heavy atom. The van der Waals surface area contributed by atoms with Gasteiger partial charge in [-0.3, -0.25) is 9.78 Å². The lowest BCUT2D eigenvalue weighted by Crippen LogP contribution is -2.22. The number of nitrogens with one attached hydrogen (secondary N) is 1. The van der Waals surface area contributed by atoms with Gasteiger partial charge < -0.3 is 10.2 Å². The fourth-order valence-corrected chi connectivity index (χ4v) is 1.83. The molecule has 0 bridgehead atoms. The average molecular weight is 296 g/mol. The molecule has 112 valence electrons. The Bertz CT molecular complexity index is 739. The van der Waals surface area contributed by atoms with E-state index in [0.717, 1.165) is 16.0 Å². The number of carbonyl (C=O) groups excluding carboxylic acids is 1. The molecule has 0 unspecified atom stereocenters. The van der Waals surface area contributed by atoms with Gasteiger partial charge in [0.2, 0.25) is 0 Å². The molecule has 3 aromatic rings. The van der Waals surface area contributed by atoms with E-state index in [4.69, 9.17) is 0 Å². The molecule has 0 amide bonds. The summed E-state index contributed by atoms with van der Waals surface area (Å²) in [5.74, 6) is 0.657. The predicted molar refractivity (Wildman–Crippen MR) is 82.0 cm³/mol. The molecule has 1 N–H and O–H groups in total. The van der Waals surface area contributed by atoms with Gasteiger partial charge in [0.15, 0.2) is 18.2 Å². The molecule has 6 nitrogen and oxygen atoms in total. The first-order valence-corrected chi connectivity index (χ1v) is 6.69. The Hall–Kier alpha value is -3.02. The maximum atomic E-state index is 11.2. The number of pyridine rings is 2. The molecule has 3 rings (SSSR count). The van der Waals surface area contributed by atoms with Gasteiger partial charge in [-0.15, -0.1) is 0 Å². The lowest BCUT2D eigenvalue weighted by atomic mass is 10.3. The number of H-pyrrole nitrogens is 1. The third kappa shape index (κ3) is 3.99. The summed E-state index contributed by atoms with van der Waals surface area (Å²) in [7, 11) is 0. The highest BCUT2D eigenvalue weighted by atomic mass is 16.5. The van der Waals surface area contributed by atoms with Crippen LogP contribution in [0.2, 0.25) is 0 Å². The molecule has 3 aromatic heterocycles. The van der Waals surface area contributed by atoms with Crippen molar-refractivity contribution in [3.8, 4) is 11.4 Å². The molecule has 0 aliphatic rings. The molecule has 6 heteroatoms. The summed E-state index contributed by atoms with van der Waals surface area (Å²) in [6, 6.07) is 8.91. The maximum Gasteiger partial charge on any atom is 0.180 e. The predicted octanol–water partition coefficient (Wildman–Crippen LogP) is 2.30. The largest absolute Gasteiger partial charge is 0.619 e. The zero-order valence-electron chi connectivity index (χ0n) is 12.4. The second kappa shape index (κ2) is 7.12. The molecule has 0 atom stereocenters. The van der Waals surface area contributed by atoms with Gasteiger partial charge in [0.05, 0.1) is 0 Å². The third-order valence-electron chi connectivity index (χ3n) is 2.84. The fourth-order valence-electron chi connectivity index (χ4n) is 1.83. The number of carbonyl (C=O) groups is 1. The van der Waals surface area contributed by atoms with Crippen LogP contribution in [0.3, 0.4) is 0 Å². The van der Waals surface area contributed by atoms with Crippen LogP contribution in [0.25, 0.3) is 11.4 Å². The minimum absolute atomic E-state index is 0.0288. The Morgan fingerprint density at radius 1 is 1.23 bits per heavy atom. The molecule has 0 aromatic carbocycles. The van der Waals surface area contributed by atoms with Crippen LogP contribution < -0.4 is 4.73 Å². The molecular weight excluding hydrogens is 280 g/mol. The van der Waals surface area contributed by atoms with Crippen LogP contribution in [0.4, 0.5) is 0 Å². The zero-order chi connectivity index (χ0) is 15.9. The highest BCUT2D eigenvalue weighted by Crippen LogP contribution is 2.16. The minimum atomic E-state index is -0.0288. The number of rotatable bonds is 2. The molecule has 0 saturated heterocycles. The summed E-state index contributed by atoms with van der Waals surface area (Å²) >= 11 is 0. The van der Waals surface area contributed by atoms with E-state index in [9.17, 15) is 10.0 Å². The maximum absolute atomic E-state index is 11.2. The molecule has 0 aliphatic heterocycles. The number of ketones is 1. The minimum Gasteiger partial charge on any atom is -0.619 e. The monoisotopic (exact) mass is 296 g/mol. The number of imidazole rings is 1. The normalized spacial score (nSPS) is 9.73. The highest BCUT2D eigenvalue weighted by Gasteiger charge is 2.11. The first-order chi connectivity index (χ1) is 10.6. The van der Waals surface area contributed by atoms with E-state index in [1.54, 1.807) is 30.6 Å². The van der Waals surface area contributed by atoms with Crippen molar-refractivity contribution < 1.29 is 9.52 Å². The number of Topliss-reactive ketones (excluding diaryl/α,β-unsaturated/α-hetero) is 1. The van der Waals surface area contributed by atoms with Crippen LogP contribution in [0.15, 0.2) is 55.1 Å². The summed E-state index contributed by atoms with van der Waals surface area (Å²) in [5, 5.41) is 10.2. The quantitative estimate of drug-likeness (QED) is 0.446. The van der Waals surface area contributed by atoms with E-state index in [1.807, 2.05) is 19.1 Å². The van der Waals surface area contributed by atoms with Crippen LogP contribution in [-0.4, -0.2) is 20.7 Å². The van der Waals surface area contributed by atoms with Gasteiger partial charge in [-0.05, 0) is 19.1 Å². The average Bonchev–Trinajstić information content (AvgIpc) is 2.92. The number of hydrogen-bond donors (Lipinski definition) is 1. The van der Waals surface area contributed by atoms with Gasteiger partial charge in [0.1, 0.15) is 11.5 Å². The standard InChI is InChI=1S/C11H11N3O.C5H5NO/c1-7-10(8(2)15)14-11(13-7)9-4-3-5-12-6-9;7-6-4-2-1-3-5-6/h3-6H,1-2H3,(H,13,14);1-5H. The lowest BCUT2D eigenvalue weighted by Gasteiger charge is -1.92. The molecule has 0 radical (unpaired) electrons. The van der Waals surface area contributed by atoms with Crippen LogP contribution in [0, 0.1) is 12.1 Å². The van der Waals surface area contributed by atoms with Crippen LogP contribution in [0.5, 0.6) is 0 Å². The van der Waals surface area contributed by atoms with E-state index in [1.165, 1.54) is 19.3 Å². The molecule has 0 saturated carbocycles. The SMILES string of the molecule is CC(=O)c1nc(-c2cccnc2)[nH]c1C.[O-][n+]1ccccc1. The van der Waals surface area contributed by atoms with Gasteiger partial charge in [-0.1, -0.05) is 6.07 Å². The summed E-state index contributed by atoms with van der Waals surface area (Å²) < 4.78 is 0.750. The summed E-state index contributed by atoms with van der Waals surface area (Å²) in [4.78, 5) is 22.5. The molecule has 0 fully saturated rings. The Balaban J connectivity index is 0.000000211. The van der Waals surface area contributed by atoms with Crippen molar-refractivity contribution in [2.75, 3.05) is 0 Å². The van der Waals surface area contributed by atoms with Crippen LogP contribution in [-0.2, 0) is 0 Å². The second-order valence-corrected chi connectivity index (χ2v) is 4.59. The smallest absolute Gasteiger partial charge is 0.180 e. The van der Waals surface area contributed by atoms with E-state index >= 15 is 0 Å². The van der Waals surface area contributed by atoms with Gasteiger partial charge >= 0.3 is 0 Å². The molecule has 22 heavy (non-hydrogen) atoms. The van der Waals surface area contributed by atoms with Crippen LogP contribution in [0.1, 0.15) is 23.1 Å². The summed E-state index contributed by atoms with van der Waals surface area (Å²) in [6.45, 7) is 3.35. The number of aryl methyl sites for hydroxylation is 1. The zero-order valence-corrected chi connectivity index (χ0v) is 12.4. The van der Waals surface area contributed by atoms with Crippen molar-refractivity contribution in [3.63, 3.8) is 0 Å². The van der Waals surface area contributed by atoms with Crippen molar-refractivity contribution in [1.82, 2.24) is 15.0 Å². The van der Waals surface area contributed by atoms with Crippen LogP contribution >= 0.6 is 0 Å². The van der Waals surface area contributed by atoms with E-state index in [2.05, 4.69) is 15.0 Å². The van der Waals surface area contributed by atoms with E-state index in [-0.39, 0.29) is 5.78 Å². The van der Waals surface area contributed by atoms with Crippen molar-refractivity contribution in [2.24, 2.45) is 0 Å². The number of hydrogen-bond acceptors (Lipinski definition) is 4. The third-order valence-corrected chi connectivity index (χ3v) is 2.84. The molecule has 0 spiro atoms. The van der Waals surface area contributed by atoms with Gasteiger partial charge in [0, 0.05) is 42.7 Å². The Morgan fingerprint density at radius 3 is 2.41 bits per heavy atom. The topological polar surface area (TPSA) is 85.6 Å². The van der Waals surface area contributed by atoms with Crippen molar-refractivity contribution >= 4 is 5.78 Å². The first kappa shape index (κ1) is 15.4. The molecule has 0 aliphatic carbocycles. The number of nitrogens with zero attached hydrogens (tertiary/aromatic N) is 3. The number of aromatic amines is 1. The lowest BCUT2D eigenvalue weighted by molar-refractivity contribution is -0.605. The summed E-state index contributed by atoms with van der Waals surface area (Å²) in [5.41, 5.74) is 2.17. The van der Waals surface area contributed by atoms with Gasteiger partial charge in [-0.2, -0.15) is 4.73 Å². The van der Waals surface area contributed by atoms with Gasteiger partial charge in [-0.25, -0.2) is 4.98 Å². The number of aromatic nitrogens is 4. The Kier molecular flexibility index (Phi) is 4.98. The Labute approximate surface area is 128 Å². The molecule has 3 heterocycles. The van der Waals surface area contributed by atoms with Crippen molar-refractivity contribution in [2.45, 2.75) is 13.8 Å². The first-order valence-electron chi connectivity index (χ1n) is 6.69. The van der Waals surface area contributed by atoms with Gasteiger partial charge in [0.25, 0.3) is 0 Å². The van der Waals surface area contributed by atoms with E-state index in [0.29, 0.717) is 11.5 Å². The van der Waals surface area contributed by atoms with E-state index < -0.39 is 0 Å².